The van der Waals surface area contributed by atoms with Crippen molar-refractivity contribution in [1.82, 2.24) is 29.8 Å². The summed E-state index contributed by atoms with van der Waals surface area (Å²) in [5, 5.41) is 4.54. The van der Waals surface area contributed by atoms with E-state index in [1.54, 1.807) is 29.2 Å². The number of aryl methyl sites for hydroxylation is 2. The van der Waals surface area contributed by atoms with Gasteiger partial charge in [-0.05, 0) is 26.0 Å². The van der Waals surface area contributed by atoms with E-state index >= 15 is 0 Å². The van der Waals surface area contributed by atoms with E-state index in [0.29, 0.717) is 47.3 Å². The lowest BCUT2D eigenvalue weighted by atomic mass is 10.0. The van der Waals surface area contributed by atoms with Crippen molar-refractivity contribution in [1.29, 1.82) is 0 Å². The van der Waals surface area contributed by atoms with Crippen LogP contribution in [0.3, 0.4) is 0 Å². The Balaban J connectivity index is 1.63. The molecule has 4 aromatic rings. The van der Waals surface area contributed by atoms with E-state index in [-0.39, 0.29) is 11.7 Å². The van der Waals surface area contributed by atoms with Crippen molar-refractivity contribution in [2.75, 3.05) is 19.7 Å². The van der Waals surface area contributed by atoms with Crippen LogP contribution < -0.4 is 10.9 Å². The second-order valence-corrected chi connectivity index (χ2v) is 8.51. The van der Waals surface area contributed by atoms with Gasteiger partial charge in [0.15, 0.2) is 0 Å². The maximum Gasteiger partial charge on any atom is 0.260 e. The zero-order valence-electron chi connectivity index (χ0n) is 18.4. The molecule has 8 nitrogen and oxygen atoms in total. The van der Waals surface area contributed by atoms with Crippen LogP contribution in [0.2, 0.25) is 5.02 Å². The lowest BCUT2D eigenvalue weighted by molar-refractivity contribution is 0.0183. The fourth-order valence-electron chi connectivity index (χ4n) is 4.04. The zero-order valence-corrected chi connectivity index (χ0v) is 19.1. The number of hydrogen-bond donors (Lipinski definition) is 1. The Hall–Kier alpha value is -3.20. The summed E-state index contributed by atoms with van der Waals surface area (Å²) in [5.74, 6) is 0.604. The average Bonchev–Trinajstić information content (AvgIpc) is 2.82. The highest BCUT2D eigenvalue weighted by Gasteiger charge is 2.20. The van der Waals surface area contributed by atoms with Gasteiger partial charge in [0.1, 0.15) is 11.5 Å². The van der Waals surface area contributed by atoms with Crippen LogP contribution in [0.4, 0.5) is 0 Å². The summed E-state index contributed by atoms with van der Waals surface area (Å²) in [4.78, 5) is 31.3. The molecular formula is C24H23ClN6O2. The van der Waals surface area contributed by atoms with Crippen LogP contribution >= 0.6 is 11.6 Å². The molecule has 1 N–H and O–H groups in total. The number of aromatic nitrogens is 5. The molecule has 1 aliphatic rings. The second kappa shape index (κ2) is 8.97. The van der Waals surface area contributed by atoms with E-state index in [1.165, 1.54) is 0 Å². The molecule has 168 valence electrons. The normalized spacial score (nSPS) is 16.3. The predicted octanol–water partition coefficient (Wildman–Crippen LogP) is 3.17. The Morgan fingerprint density at radius 2 is 2.03 bits per heavy atom. The van der Waals surface area contributed by atoms with E-state index in [4.69, 9.17) is 16.3 Å². The lowest BCUT2D eigenvalue weighted by Gasteiger charge is -2.25. The van der Waals surface area contributed by atoms with Crippen LogP contribution in [-0.2, 0) is 11.3 Å². The molecule has 0 aliphatic carbocycles. The van der Waals surface area contributed by atoms with Gasteiger partial charge in [-0.15, -0.1) is 0 Å². The number of fused-ring (bicyclic) bond motifs is 1. The highest BCUT2D eigenvalue weighted by Crippen LogP contribution is 2.31. The summed E-state index contributed by atoms with van der Waals surface area (Å²) < 4.78 is 7.53. The Labute approximate surface area is 195 Å². The van der Waals surface area contributed by atoms with E-state index in [0.717, 1.165) is 28.9 Å². The van der Waals surface area contributed by atoms with Gasteiger partial charge in [0.2, 0.25) is 0 Å². The minimum atomic E-state index is -0.167. The number of halogens is 1. The summed E-state index contributed by atoms with van der Waals surface area (Å²) in [6.07, 6.45) is 5.01. The Morgan fingerprint density at radius 3 is 2.79 bits per heavy atom. The molecular weight excluding hydrogens is 440 g/mol. The first-order valence-corrected chi connectivity index (χ1v) is 11.2. The number of benzene rings is 1. The van der Waals surface area contributed by atoms with Gasteiger partial charge >= 0.3 is 0 Å². The van der Waals surface area contributed by atoms with Gasteiger partial charge in [-0.25, -0.2) is 15.0 Å². The third-order valence-electron chi connectivity index (χ3n) is 5.65. The molecule has 1 unspecified atom stereocenters. The molecule has 0 bridgehead atoms. The number of rotatable bonds is 4. The fraction of sp³-hybridized carbons (Fsp3) is 0.292. The molecule has 5 rings (SSSR count). The van der Waals surface area contributed by atoms with Crippen molar-refractivity contribution in [2.24, 2.45) is 0 Å². The van der Waals surface area contributed by atoms with Crippen LogP contribution in [0.5, 0.6) is 0 Å². The van der Waals surface area contributed by atoms with Gasteiger partial charge in [-0.3, -0.25) is 14.3 Å². The summed E-state index contributed by atoms with van der Waals surface area (Å²) >= 11 is 6.68. The minimum absolute atomic E-state index is 0.122. The van der Waals surface area contributed by atoms with Crippen LogP contribution in [0.25, 0.3) is 33.4 Å². The van der Waals surface area contributed by atoms with Gasteiger partial charge in [0.25, 0.3) is 5.56 Å². The van der Waals surface area contributed by atoms with Gasteiger partial charge in [-0.2, -0.15) is 0 Å². The van der Waals surface area contributed by atoms with Crippen LogP contribution in [0, 0.1) is 13.8 Å². The van der Waals surface area contributed by atoms with Crippen LogP contribution in [0.1, 0.15) is 11.5 Å². The maximum absolute atomic E-state index is 13.7. The third-order valence-corrected chi connectivity index (χ3v) is 5.96. The first kappa shape index (κ1) is 21.6. The molecule has 1 aliphatic heterocycles. The first-order chi connectivity index (χ1) is 16.0. The second-order valence-electron chi connectivity index (χ2n) is 8.11. The van der Waals surface area contributed by atoms with Crippen molar-refractivity contribution < 1.29 is 4.74 Å². The topological polar surface area (TPSA) is 94.8 Å². The molecule has 1 fully saturated rings. The number of nitrogens with zero attached hydrogens (tertiary/aromatic N) is 5. The maximum atomic E-state index is 13.7. The molecule has 9 heteroatoms. The number of nitrogens with one attached hydrogen (secondary N) is 1. The molecule has 33 heavy (non-hydrogen) atoms. The number of hydrogen-bond acceptors (Lipinski definition) is 7. The molecule has 0 amide bonds. The highest BCUT2D eigenvalue weighted by molar-refractivity contribution is 6.33. The monoisotopic (exact) mass is 462 g/mol. The summed E-state index contributed by atoms with van der Waals surface area (Å²) in [5.41, 5.74) is 3.94. The van der Waals surface area contributed by atoms with Gasteiger partial charge < -0.3 is 10.1 Å². The average molecular weight is 463 g/mol. The molecule has 0 saturated carbocycles. The van der Waals surface area contributed by atoms with Crippen molar-refractivity contribution in [3.63, 3.8) is 0 Å². The number of pyridine rings is 1. The quantitative estimate of drug-likeness (QED) is 0.497. The van der Waals surface area contributed by atoms with Crippen molar-refractivity contribution in [2.45, 2.75) is 26.5 Å². The molecule has 1 atom stereocenters. The van der Waals surface area contributed by atoms with E-state index in [2.05, 4.69) is 25.3 Å². The van der Waals surface area contributed by atoms with Crippen LogP contribution in [-0.4, -0.2) is 50.3 Å². The Bertz CT molecular complexity index is 1400. The van der Waals surface area contributed by atoms with E-state index < -0.39 is 0 Å². The largest absolute Gasteiger partial charge is 0.374 e. The van der Waals surface area contributed by atoms with Gasteiger partial charge in [0, 0.05) is 52.6 Å². The van der Waals surface area contributed by atoms with Gasteiger partial charge in [-0.1, -0.05) is 23.7 Å². The molecule has 1 aromatic carbocycles. The van der Waals surface area contributed by atoms with E-state index in [9.17, 15) is 4.79 Å². The SMILES string of the molecule is Cc1cncc(-c2ccc(-c3cc4cnc(C)nc4n(CC4CNCCO4)c3=O)c(Cl)c2)n1. The van der Waals surface area contributed by atoms with Crippen LogP contribution in [0.15, 0.2) is 47.7 Å². The van der Waals surface area contributed by atoms with E-state index in [1.807, 2.05) is 32.0 Å². The fourth-order valence-corrected chi connectivity index (χ4v) is 4.32. The standard InChI is InChI=1S/C24H23ClN6O2/c1-14-9-27-12-22(29-14)16-3-4-19(21(25)8-16)20-7-17-10-28-15(2)30-23(17)31(24(20)32)13-18-11-26-5-6-33-18/h3-4,7-10,12,18,26H,5-6,11,13H2,1-2H3. The molecule has 0 radical (unpaired) electrons. The predicted molar refractivity (Wildman–Crippen MR) is 127 cm³/mol. The smallest absolute Gasteiger partial charge is 0.260 e. The number of morpholine rings is 1. The Kier molecular flexibility index (Phi) is 5.88. The number of ether oxygens (including phenoxy) is 1. The van der Waals surface area contributed by atoms with Crippen molar-refractivity contribution >= 4 is 22.6 Å². The van der Waals surface area contributed by atoms with Crippen molar-refractivity contribution in [3.05, 3.63) is 69.8 Å². The highest BCUT2D eigenvalue weighted by atomic mass is 35.5. The minimum Gasteiger partial charge on any atom is -0.374 e. The Morgan fingerprint density at radius 1 is 1.15 bits per heavy atom. The molecule has 4 heterocycles. The summed E-state index contributed by atoms with van der Waals surface area (Å²) in [6.45, 7) is 6.18. The molecule has 0 spiro atoms. The zero-order chi connectivity index (χ0) is 22.9. The lowest BCUT2D eigenvalue weighted by Crippen LogP contribution is -2.42. The summed E-state index contributed by atoms with van der Waals surface area (Å²) in [6, 6.07) is 7.37. The first-order valence-electron chi connectivity index (χ1n) is 10.8. The molecule has 3 aromatic heterocycles. The third kappa shape index (κ3) is 4.37. The molecule has 1 saturated heterocycles. The summed E-state index contributed by atoms with van der Waals surface area (Å²) in [7, 11) is 0. The van der Waals surface area contributed by atoms with Gasteiger partial charge in [0.05, 0.1) is 36.8 Å². The van der Waals surface area contributed by atoms with Crippen molar-refractivity contribution in [3.8, 4) is 22.4 Å².